The molecule has 1 atom stereocenters. The van der Waals surface area contributed by atoms with Gasteiger partial charge in [-0.2, -0.15) is 5.10 Å². The molecule has 4 aromatic rings. The molecule has 11 heteroatoms. The van der Waals surface area contributed by atoms with Gasteiger partial charge in [0.05, 0.1) is 29.1 Å². The fraction of sp³-hybridized carbons (Fsp3) is 0.111. The molecule has 0 bridgehead atoms. The van der Waals surface area contributed by atoms with Gasteiger partial charge in [0.15, 0.2) is 5.17 Å². The number of nitrogens with zero attached hydrogens (tertiary/aromatic N) is 3. The van der Waals surface area contributed by atoms with Gasteiger partial charge in [-0.1, -0.05) is 53.2 Å². The SMILES string of the molecule is O=C(CC1S/C(=N\N=C\c2ccc(-c3ccc(Cl)c(Cl)c3)o2)N(Cc2ccco2)C1=O)Nc1ccccc1. The van der Waals surface area contributed by atoms with E-state index in [9.17, 15) is 9.59 Å². The number of carbonyl (C=O) groups is 2. The molecule has 2 aromatic carbocycles. The highest BCUT2D eigenvalue weighted by molar-refractivity contribution is 8.15. The second-order valence-corrected chi connectivity index (χ2v) is 10.2. The average Bonchev–Trinajstić information content (AvgIpc) is 3.65. The van der Waals surface area contributed by atoms with Gasteiger partial charge in [0.2, 0.25) is 11.8 Å². The number of nitrogens with one attached hydrogen (secondary N) is 1. The van der Waals surface area contributed by atoms with Crippen LogP contribution in [0.5, 0.6) is 0 Å². The van der Waals surface area contributed by atoms with Gasteiger partial charge in [0.25, 0.3) is 0 Å². The molecule has 1 fully saturated rings. The van der Waals surface area contributed by atoms with Gasteiger partial charge in [0.1, 0.15) is 22.5 Å². The Kier molecular flexibility index (Phi) is 7.97. The van der Waals surface area contributed by atoms with Crippen molar-refractivity contribution >= 4 is 63.8 Å². The predicted molar refractivity (Wildman–Crippen MR) is 150 cm³/mol. The van der Waals surface area contributed by atoms with E-state index in [1.165, 1.54) is 29.1 Å². The Hall–Kier alpha value is -3.79. The van der Waals surface area contributed by atoms with Crippen molar-refractivity contribution in [1.29, 1.82) is 0 Å². The summed E-state index contributed by atoms with van der Waals surface area (Å²) in [7, 11) is 0. The molecule has 8 nitrogen and oxygen atoms in total. The lowest BCUT2D eigenvalue weighted by Gasteiger charge is -2.14. The number of rotatable bonds is 8. The van der Waals surface area contributed by atoms with Gasteiger partial charge < -0.3 is 14.2 Å². The summed E-state index contributed by atoms with van der Waals surface area (Å²) in [6.07, 6.45) is 2.96. The molecule has 1 aliphatic rings. The third kappa shape index (κ3) is 6.19. The number of carbonyl (C=O) groups excluding carboxylic acids is 2. The number of furan rings is 2. The summed E-state index contributed by atoms with van der Waals surface area (Å²) in [4.78, 5) is 27.2. The first-order valence-electron chi connectivity index (χ1n) is 11.5. The number of hydrogen-bond donors (Lipinski definition) is 1. The van der Waals surface area contributed by atoms with Gasteiger partial charge in [-0.25, -0.2) is 0 Å². The number of amidine groups is 1. The first kappa shape index (κ1) is 25.8. The molecule has 1 unspecified atom stereocenters. The quantitative estimate of drug-likeness (QED) is 0.189. The van der Waals surface area contributed by atoms with Gasteiger partial charge >= 0.3 is 0 Å². The van der Waals surface area contributed by atoms with E-state index in [0.717, 1.165) is 5.56 Å². The smallest absolute Gasteiger partial charge is 0.243 e. The van der Waals surface area contributed by atoms with Crippen LogP contribution in [-0.4, -0.2) is 33.3 Å². The number of anilines is 1. The molecule has 5 rings (SSSR count). The summed E-state index contributed by atoms with van der Waals surface area (Å²) in [5, 5.41) is 11.8. The van der Waals surface area contributed by atoms with Crippen LogP contribution in [0, 0.1) is 0 Å². The van der Waals surface area contributed by atoms with Crippen LogP contribution in [0.25, 0.3) is 11.3 Å². The van der Waals surface area contributed by atoms with Crippen LogP contribution in [0.3, 0.4) is 0 Å². The molecular weight excluding hydrogens is 547 g/mol. The Balaban J connectivity index is 1.30. The number of benzene rings is 2. The number of amides is 2. The maximum Gasteiger partial charge on any atom is 0.243 e. The zero-order valence-corrected chi connectivity index (χ0v) is 22.0. The van der Waals surface area contributed by atoms with Crippen molar-refractivity contribution in [2.75, 3.05) is 5.32 Å². The zero-order valence-electron chi connectivity index (χ0n) is 19.7. The van der Waals surface area contributed by atoms with Crippen LogP contribution >= 0.6 is 35.0 Å². The van der Waals surface area contributed by atoms with Gasteiger partial charge in [-0.05, 0) is 54.6 Å². The summed E-state index contributed by atoms with van der Waals surface area (Å²) in [6, 6.07) is 21.3. The first-order valence-corrected chi connectivity index (χ1v) is 13.1. The molecule has 0 spiro atoms. The van der Waals surface area contributed by atoms with Crippen LogP contribution < -0.4 is 5.32 Å². The van der Waals surface area contributed by atoms with Crippen molar-refractivity contribution < 1.29 is 18.4 Å². The summed E-state index contributed by atoms with van der Waals surface area (Å²) in [5.74, 6) is 1.12. The predicted octanol–water partition coefficient (Wildman–Crippen LogP) is 6.71. The van der Waals surface area contributed by atoms with Crippen LogP contribution in [0.2, 0.25) is 10.0 Å². The van der Waals surface area contributed by atoms with E-state index in [2.05, 4.69) is 15.5 Å². The topological polar surface area (TPSA) is 100 Å². The zero-order chi connectivity index (χ0) is 26.5. The normalized spacial score (nSPS) is 16.6. The van der Waals surface area contributed by atoms with Crippen LogP contribution in [-0.2, 0) is 16.1 Å². The highest BCUT2D eigenvalue weighted by Crippen LogP contribution is 2.32. The van der Waals surface area contributed by atoms with E-state index in [1.807, 2.05) is 18.2 Å². The second kappa shape index (κ2) is 11.7. The second-order valence-electron chi connectivity index (χ2n) is 8.19. The largest absolute Gasteiger partial charge is 0.467 e. The van der Waals surface area contributed by atoms with Crippen molar-refractivity contribution in [3.8, 4) is 11.3 Å². The van der Waals surface area contributed by atoms with Gasteiger partial charge in [-0.3, -0.25) is 14.5 Å². The highest BCUT2D eigenvalue weighted by atomic mass is 35.5. The minimum Gasteiger partial charge on any atom is -0.467 e. The lowest BCUT2D eigenvalue weighted by atomic mass is 10.2. The Morgan fingerprint density at radius 1 is 1.05 bits per heavy atom. The molecule has 38 heavy (non-hydrogen) atoms. The molecule has 0 radical (unpaired) electrons. The number of thioether (sulfide) groups is 1. The maximum atomic E-state index is 13.2. The van der Waals surface area contributed by atoms with Gasteiger partial charge in [-0.15, -0.1) is 5.10 Å². The van der Waals surface area contributed by atoms with E-state index >= 15 is 0 Å². The average molecular weight is 567 g/mol. The van der Waals surface area contributed by atoms with Gasteiger partial charge in [0, 0.05) is 17.7 Å². The molecule has 0 aliphatic carbocycles. The fourth-order valence-electron chi connectivity index (χ4n) is 3.68. The van der Waals surface area contributed by atoms with Crippen molar-refractivity contribution in [2.24, 2.45) is 10.2 Å². The summed E-state index contributed by atoms with van der Waals surface area (Å²) < 4.78 is 11.2. The third-order valence-electron chi connectivity index (χ3n) is 5.50. The summed E-state index contributed by atoms with van der Waals surface area (Å²) in [5.41, 5.74) is 1.43. The van der Waals surface area contributed by atoms with E-state index in [1.54, 1.807) is 54.6 Å². The monoisotopic (exact) mass is 566 g/mol. The van der Waals surface area contributed by atoms with Crippen LogP contribution in [0.4, 0.5) is 5.69 Å². The number of hydrogen-bond acceptors (Lipinski definition) is 7. The Morgan fingerprint density at radius 2 is 1.89 bits per heavy atom. The van der Waals surface area contributed by atoms with Crippen molar-refractivity contribution in [1.82, 2.24) is 4.90 Å². The summed E-state index contributed by atoms with van der Waals surface area (Å²) >= 11 is 13.3. The molecule has 3 heterocycles. The number of halogens is 2. The first-order chi connectivity index (χ1) is 18.5. The minimum atomic E-state index is -0.646. The maximum absolute atomic E-state index is 13.2. The lowest BCUT2D eigenvalue weighted by molar-refractivity contribution is -0.128. The molecule has 0 saturated carbocycles. The molecule has 1 saturated heterocycles. The van der Waals surface area contributed by atoms with Crippen molar-refractivity contribution in [2.45, 2.75) is 18.2 Å². The van der Waals surface area contributed by atoms with Crippen LogP contribution in [0.1, 0.15) is 17.9 Å². The third-order valence-corrected chi connectivity index (χ3v) is 7.41. The number of para-hydroxylation sites is 1. The Bertz CT molecular complexity index is 1500. The highest BCUT2D eigenvalue weighted by Gasteiger charge is 2.39. The van der Waals surface area contributed by atoms with E-state index < -0.39 is 5.25 Å². The lowest BCUT2D eigenvalue weighted by Crippen LogP contribution is -2.33. The van der Waals surface area contributed by atoms with E-state index in [0.29, 0.717) is 38.2 Å². The Labute approximate surface area is 232 Å². The van der Waals surface area contributed by atoms with E-state index in [4.69, 9.17) is 32.0 Å². The van der Waals surface area contributed by atoms with Crippen LogP contribution in [0.15, 0.2) is 98.1 Å². The molecular formula is C27H20Cl2N4O4S. The Morgan fingerprint density at radius 3 is 2.66 bits per heavy atom. The van der Waals surface area contributed by atoms with Crippen molar-refractivity contribution in [3.05, 3.63) is 101 Å². The van der Waals surface area contributed by atoms with E-state index in [-0.39, 0.29) is 24.8 Å². The fourth-order valence-corrected chi connectivity index (χ4v) is 5.08. The molecule has 2 amide bonds. The molecule has 1 aliphatic heterocycles. The molecule has 1 N–H and O–H groups in total. The molecule has 2 aromatic heterocycles. The van der Waals surface area contributed by atoms with Crippen molar-refractivity contribution in [3.63, 3.8) is 0 Å². The molecule has 192 valence electrons. The summed E-state index contributed by atoms with van der Waals surface area (Å²) in [6.45, 7) is 0.173. The standard InChI is InChI=1S/C27H20Cl2N4O4S/c28-21-10-8-17(13-22(21)29)23-11-9-19(37-23)15-30-32-27-33(16-20-7-4-12-36-20)26(35)24(38-27)14-25(34)31-18-5-2-1-3-6-18/h1-13,15,24H,14,16H2,(H,31,34)/b30-15+,32-27-. The minimum absolute atomic E-state index is 0.0129.